The van der Waals surface area contributed by atoms with Crippen LogP contribution in [0.2, 0.25) is 0 Å². The van der Waals surface area contributed by atoms with E-state index in [4.69, 9.17) is 0 Å². The molecule has 0 aliphatic heterocycles. The van der Waals surface area contributed by atoms with Gasteiger partial charge in [-0.05, 0) is 211 Å². The molecule has 4 aliphatic carbocycles. The number of benzene rings is 4. The lowest BCUT2D eigenvalue weighted by atomic mass is 9.71. The van der Waals surface area contributed by atoms with Crippen LogP contribution in [0.15, 0.2) is 109 Å². The number of aryl methyl sites for hydroxylation is 2. The first-order valence-electron chi connectivity index (χ1n) is 33.9. The molecular formula is C79H132N4O2. The average molecular weight is 1170 g/mol. The summed E-state index contributed by atoms with van der Waals surface area (Å²) < 4.78 is 0. The quantitative estimate of drug-likeness (QED) is 0.128. The van der Waals surface area contributed by atoms with Gasteiger partial charge in [-0.25, -0.2) is 0 Å². The van der Waals surface area contributed by atoms with Crippen molar-refractivity contribution in [1.29, 1.82) is 0 Å². The van der Waals surface area contributed by atoms with E-state index in [9.17, 15) is 9.59 Å². The summed E-state index contributed by atoms with van der Waals surface area (Å²) in [6.07, 6.45) is 22.7. The molecule has 4 N–H and O–H groups in total. The van der Waals surface area contributed by atoms with Crippen molar-refractivity contribution in [3.05, 3.63) is 143 Å². The summed E-state index contributed by atoms with van der Waals surface area (Å²) in [6.45, 7) is 45.5. The molecule has 0 heterocycles. The summed E-state index contributed by atoms with van der Waals surface area (Å²) in [4.78, 5) is 24.3. The second-order valence-corrected chi connectivity index (χ2v) is 30.3. The molecule has 8 rings (SSSR count). The largest absolute Gasteiger partial charge is 0.349 e. The number of carbonyl (C=O) groups is 2. The zero-order valence-electron chi connectivity index (χ0n) is 57.7. The van der Waals surface area contributed by atoms with Crippen LogP contribution >= 0.6 is 0 Å². The third-order valence-corrected chi connectivity index (χ3v) is 18.7. The van der Waals surface area contributed by atoms with Crippen LogP contribution in [0.4, 0.5) is 0 Å². The second kappa shape index (κ2) is 38.2. The van der Waals surface area contributed by atoms with Crippen LogP contribution in [-0.4, -0.2) is 36.0 Å². The Labute approximate surface area is 525 Å². The van der Waals surface area contributed by atoms with Crippen LogP contribution in [-0.2, 0) is 0 Å². The zero-order chi connectivity index (χ0) is 62.7. The van der Waals surface area contributed by atoms with Crippen molar-refractivity contribution in [3.8, 4) is 0 Å². The minimum absolute atomic E-state index is 0. The van der Waals surface area contributed by atoms with E-state index in [0.717, 1.165) is 60.5 Å². The van der Waals surface area contributed by atoms with Crippen molar-refractivity contribution in [2.24, 2.45) is 45.3 Å². The number of hydrogen-bond donors (Lipinski definition) is 4. The van der Waals surface area contributed by atoms with E-state index >= 15 is 0 Å². The van der Waals surface area contributed by atoms with Gasteiger partial charge in [-0.3, -0.25) is 9.59 Å². The molecule has 0 spiro atoms. The topological polar surface area (TPSA) is 82.3 Å². The molecule has 0 radical (unpaired) electrons. The molecule has 4 aliphatic rings. The molecule has 0 saturated heterocycles. The standard InChI is InChI=1S/C19H31N.C18H27NO.C18H29N.C17H25NO.2C3H8.CH4/c1-14-6-8-16(9-7-14)15(2)20-18-12-10-17(11-13-18)19(3,4)5;1-13-5-7-14(8-6-13)17(20)19-16-11-9-15(10-12-16)18(2,3)4;1-14(15-8-6-5-7-9-15)19-17-12-10-16(11-13-17)18(2,3)4;1-17(2,3)14-9-11-15(12-10-14)18-16(19)13-7-5-4-6-8-13;2*1-3-2;/h6-9,15,17-18,20H,10-13H2,1-5H3;5-8,15-16H,9-12H2,1-4H3,(H,19,20);5-9,14,16-17,19H,10-13H2,1-4H3;4-8,14-15H,9-12H2,1-3H3,(H,18,19);2*3H2,1-2H3;1H4. The van der Waals surface area contributed by atoms with Crippen molar-refractivity contribution in [2.45, 2.75) is 298 Å². The predicted octanol–water partition coefficient (Wildman–Crippen LogP) is 22.0. The summed E-state index contributed by atoms with van der Waals surface area (Å²) >= 11 is 0. The zero-order valence-corrected chi connectivity index (χ0v) is 57.7. The van der Waals surface area contributed by atoms with E-state index in [1.165, 1.54) is 112 Å². The highest BCUT2D eigenvalue weighted by molar-refractivity contribution is 5.94. The first kappa shape index (κ1) is 76.8. The van der Waals surface area contributed by atoms with Crippen molar-refractivity contribution >= 4 is 11.8 Å². The lowest BCUT2D eigenvalue weighted by Gasteiger charge is -2.38. The van der Waals surface area contributed by atoms with E-state index in [1.54, 1.807) is 0 Å². The Balaban J connectivity index is 0.000000373. The van der Waals surface area contributed by atoms with Crippen molar-refractivity contribution in [2.75, 3.05) is 0 Å². The van der Waals surface area contributed by atoms with E-state index in [-0.39, 0.29) is 19.2 Å². The second-order valence-electron chi connectivity index (χ2n) is 30.3. The molecule has 4 aromatic carbocycles. The van der Waals surface area contributed by atoms with E-state index in [1.807, 2.05) is 61.5 Å². The van der Waals surface area contributed by atoms with Gasteiger partial charge in [-0.15, -0.1) is 0 Å². The SMILES string of the molecule is C.CC(C)(C)C1CCC(NC(=O)c2ccccc2)CC1.CC(NC1CCC(C(C)(C)C)CC1)c1ccccc1.CCC.CCC.Cc1ccc(C(=O)NC2CCC(C(C)(C)C)CC2)cc1.Cc1ccc(C(C)NC2CCC(C(C)(C)C)CC2)cc1. The Kier molecular flexibility index (Phi) is 34.5. The molecule has 2 unspecified atom stereocenters. The molecule has 6 nitrogen and oxygen atoms in total. The van der Waals surface area contributed by atoms with Gasteiger partial charge < -0.3 is 21.3 Å². The van der Waals surface area contributed by atoms with E-state index in [0.29, 0.717) is 57.9 Å². The third kappa shape index (κ3) is 29.5. The van der Waals surface area contributed by atoms with Gasteiger partial charge in [0, 0.05) is 47.4 Å². The summed E-state index contributed by atoms with van der Waals surface area (Å²) in [5.74, 6) is 3.52. The molecule has 6 heteroatoms. The van der Waals surface area contributed by atoms with E-state index < -0.39 is 0 Å². The highest BCUT2D eigenvalue weighted by Gasteiger charge is 2.34. The van der Waals surface area contributed by atoms with Crippen LogP contribution in [0.5, 0.6) is 0 Å². The molecule has 4 fully saturated rings. The maximum absolute atomic E-state index is 12.2. The number of hydrogen-bond acceptors (Lipinski definition) is 4. The van der Waals surface area contributed by atoms with Crippen molar-refractivity contribution < 1.29 is 9.59 Å². The fourth-order valence-corrected chi connectivity index (χ4v) is 12.8. The van der Waals surface area contributed by atoms with Gasteiger partial charge in [0.2, 0.25) is 0 Å². The molecule has 4 saturated carbocycles. The first-order chi connectivity index (χ1) is 39.5. The monoisotopic (exact) mass is 1170 g/mol. The molecule has 480 valence electrons. The maximum Gasteiger partial charge on any atom is 0.251 e. The molecule has 4 aromatic rings. The van der Waals surface area contributed by atoms with E-state index in [2.05, 4.69) is 207 Å². The summed E-state index contributed by atoms with van der Waals surface area (Å²) in [5.41, 5.74) is 8.63. The fraction of sp³-hybridized carbons (Fsp3) is 0.671. The highest BCUT2D eigenvalue weighted by Crippen LogP contribution is 2.41. The molecule has 85 heavy (non-hydrogen) atoms. The van der Waals surface area contributed by atoms with Crippen LogP contribution in [0, 0.1) is 59.2 Å². The van der Waals surface area contributed by atoms with Gasteiger partial charge in [0.1, 0.15) is 0 Å². The lowest BCUT2D eigenvalue weighted by molar-refractivity contribution is 0.0895. The number of amides is 2. The molecular weight excluding hydrogens is 1040 g/mol. The first-order valence-corrected chi connectivity index (χ1v) is 33.9. The summed E-state index contributed by atoms with van der Waals surface area (Å²) in [7, 11) is 0. The van der Waals surface area contributed by atoms with Gasteiger partial charge in [-0.1, -0.05) is 227 Å². The third-order valence-electron chi connectivity index (χ3n) is 18.7. The Bertz CT molecular complexity index is 2330. The van der Waals surface area contributed by atoms with Crippen LogP contribution in [0.1, 0.15) is 303 Å². The predicted molar refractivity (Wildman–Crippen MR) is 373 cm³/mol. The Morgan fingerprint density at radius 2 is 0.600 bits per heavy atom. The minimum Gasteiger partial charge on any atom is -0.349 e. The summed E-state index contributed by atoms with van der Waals surface area (Å²) in [6, 6.07) is 40.1. The van der Waals surface area contributed by atoms with Crippen LogP contribution < -0.4 is 21.3 Å². The highest BCUT2D eigenvalue weighted by atomic mass is 16.2. The average Bonchev–Trinajstić information content (AvgIpc) is 3.63. The molecule has 2 amide bonds. The van der Waals surface area contributed by atoms with Gasteiger partial charge in [0.05, 0.1) is 0 Å². The number of carbonyl (C=O) groups excluding carboxylic acids is 2. The van der Waals surface area contributed by atoms with Crippen molar-refractivity contribution in [1.82, 2.24) is 21.3 Å². The van der Waals surface area contributed by atoms with Gasteiger partial charge in [0.15, 0.2) is 0 Å². The number of nitrogens with one attached hydrogen (secondary N) is 4. The van der Waals surface area contributed by atoms with Gasteiger partial charge in [-0.2, -0.15) is 0 Å². The summed E-state index contributed by atoms with van der Waals surface area (Å²) in [5, 5.41) is 14.0. The lowest BCUT2D eigenvalue weighted by Crippen LogP contribution is -2.39. The van der Waals surface area contributed by atoms with Gasteiger partial charge >= 0.3 is 0 Å². The van der Waals surface area contributed by atoms with Crippen molar-refractivity contribution in [3.63, 3.8) is 0 Å². The molecule has 0 bridgehead atoms. The Morgan fingerprint density at radius 1 is 0.365 bits per heavy atom. The Morgan fingerprint density at radius 3 is 0.882 bits per heavy atom. The van der Waals surface area contributed by atoms with Gasteiger partial charge in [0.25, 0.3) is 11.8 Å². The Hall–Kier alpha value is -4.26. The normalized spacial score (nSPS) is 23.1. The number of rotatable bonds is 10. The maximum atomic E-state index is 12.2. The van der Waals surface area contributed by atoms with Crippen LogP contribution in [0.25, 0.3) is 0 Å². The van der Waals surface area contributed by atoms with Crippen LogP contribution in [0.3, 0.4) is 0 Å². The minimum atomic E-state index is 0. The smallest absolute Gasteiger partial charge is 0.251 e. The molecule has 2 atom stereocenters. The molecule has 0 aromatic heterocycles. The fourth-order valence-electron chi connectivity index (χ4n) is 12.8.